The summed E-state index contributed by atoms with van der Waals surface area (Å²) in [5, 5.41) is 9.37. The van der Waals surface area contributed by atoms with E-state index in [0.717, 1.165) is 38.4 Å². The van der Waals surface area contributed by atoms with Crippen molar-refractivity contribution in [1.29, 1.82) is 0 Å². The zero-order chi connectivity index (χ0) is 16.4. The highest BCUT2D eigenvalue weighted by Gasteiger charge is 2.29. The summed E-state index contributed by atoms with van der Waals surface area (Å²) < 4.78 is 5.74. The Labute approximate surface area is 134 Å². The van der Waals surface area contributed by atoms with Crippen molar-refractivity contribution in [3.05, 3.63) is 0 Å². The number of aliphatic imine (C=N–C) groups is 1. The molecule has 2 unspecified atom stereocenters. The number of amides is 1. The molecule has 1 rings (SSSR count). The molecule has 1 amide bonds. The fraction of sp³-hybridized carbons (Fsp3) is 0.875. The van der Waals surface area contributed by atoms with Crippen LogP contribution in [0, 0.1) is 0 Å². The van der Waals surface area contributed by atoms with Crippen LogP contribution in [0.25, 0.3) is 0 Å². The van der Waals surface area contributed by atoms with Crippen LogP contribution in [0.3, 0.4) is 0 Å². The molecule has 1 aliphatic heterocycles. The molecule has 0 spiro atoms. The summed E-state index contributed by atoms with van der Waals surface area (Å²) in [4.78, 5) is 16.3. The number of ether oxygens (including phenoxy) is 1. The molecule has 1 saturated heterocycles. The van der Waals surface area contributed by atoms with Crippen molar-refractivity contribution >= 4 is 11.9 Å². The Kier molecular flexibility index (Phi) is 8.24. The standard InChI is InChI=1S/C16H32N4O2/c1-5-13(3)20-14(21)8-10-18-15(17-6-2)19-12-16(4)9-7-11-22-16/h13H,5-12H2,1-4H3,(H,20,21)(H2,17,18,19). The minimum atomic E-state index is -0.143. The molecule has 2 atom stereocenters. The molecule has 6 nitrogen and oxygen atoms in total. The van der Waals surface area contributed by atoms with Crippen LogP contribution in [0.15, 0.2) is 4.99 Å². The van der Waals surface area contributed by atoms with E-state index in [2.05, 4.69) is 34.8 Å². The Morgan fingerprint density at radius 1 is 1.36 bits per heavy atom. The maximum atomic E-state index is 11.7. The minimum absolute atomic E-state index is 0.0730. The molecule has 0 aromatic rings. The molecule has 0 radical (unpaired) electrons. The largest absolute Gasteiger partial charge is 0.373 e. The first-order valence-corrected chi connectivity index (χ1v) is 8.44. The average Bonchev–Trinajstić information content (AvgIpc) is 2.92. The first kappa shape index (κ1) is 18.7. The Bertz CT molecular complexity index is 365. The number of nitrogens with one attached hydrogen (secondary N) is 3. The fourth-order valence-corrected chi connectivity index (χ4v) is 2.29. The molecule has 0 aliphatic carbocycles. The molecule has 1 fully saturated rings. The summed E-state index contributed by atoms with van der Waals surface area (Å²) in [7, 11) is 0. The van der Waals surface area contributed by atoms with Crippen molar-refractivity contribution in [3.8, 4) is 0 Å². The normalized spacial score (nSPS) is 23.2. The second-order valence-electron chi connectivity index (χ2n) is 6.15. The Balaban J connectivity index is 2.35. The number of nitrogens with zero attached hydrogens (tertiary/aromatic N) is 1. The van der Waals surface area contributed by atoms with Crippen molar-refractivity contribution < 1.29 is 9.53 Å². The van der Waals surface area contributed by atoms with Gasteiger partial charge in [-0.2, -0.15) is 0 Å². The van der Waals surface area contributed by atoms with Crippen LogP contribution in [0.4, 0.5) is 0 Å². The number of guanidine groups is 1. The lowest BCUT2D eigenvalue weighted by atomic mass is 10.0. The van der Waals surface area contributed by atoms with Crippen molar-refractivity contribution in [2.75, 3.05) is 26.2 Å². The van der Waals surface area contributed by atoms with E-state index in [-0.39, 0.29) is 17.6 Å². The van der Waals surface area contributed by atoms with E-state index in [0.29, 0.717) is 19.5 Å². The van der Waals surface area contributed by atoms with Crippen LogP contribution in [0.2, 0.25) is 0 Å². The van der Waals surface area contributed by atoms with Gasteiger partial charge in [0, 0.05) is 32.2 Å². The van der Waals surface area contributed by atoms with Gasteiger partial charge in [0.05, 0.1) is 12.1 Å². The lowest BCUT2D eigenvalue weighted by molar-refractivity contribution is -0.121. The van der Waals surface area contributed by atoms with Crippen molar-refractivity contribution in [1.82, 2.24) is 16.0 Å². The van der Waals surface area contributed by atoms with Gasteiger partial charge < -0.3 is 20.7 Å². The van der Waals surface area contributed by atoms with Gasteiger partial charge in [0.2, 0.25) is 5.91 Å². The first-order valence-electron chi connectivity index (χ1n) is 8.44. The van der Waals surface area contributed by atoms with E-state index in [4.69, 9.17) is 4.74 Å². The number of carbonyl (C=O) groups is 1. The van der Waals surface area contributed by atoms with Crippen LogP contribution in [-0.4, -0.2) is 49.8 Å². The molecule has 0 aromatic carbocycles. The van der Waals surface area contributed by atoms with E-state index in [1.807, 2.05) is 13.8 Å². The van der Waals surface area contributed by atoms with Crippen LogP contribution >= 0.6 is 0 Å². The molecule has 22 heavy (non-hydrogen) atoms. The van der Waals surface area contributed by atoms with Crippen molar-refractivity contribution in [3.63, 3.8) is 0 Å². The summed E-state index contributed by atoms with van der Waals surface area (Å²) in [5.41, 5.74) is -0.143. The molecular weight excluding hydrogens is 280 g/mol. The van der Waals surface area contributed by atoms with Gasteiger partial charge >= 0.3 is 0 Å². The second kappa shape index (κ2) is 9.66. The van der Waals surface area contributed by atoms with Gasteiger partial charge in [0.25, 0.3) is 0 Å². The lowest BCUT2D eigenvalue weighted by Crippen LogP contribution is -2.41. The molecule has 6 heteroatoms. The zero-order valence-corrected chi connectivity index (χ0v) is 14.5. The van der Waals surface area contributed by atoms with Gasteiger partial charge in [-0.3, -0.25) is 9.79 Å². The van der Waals surface area contributed by atoms with Gasteiger partial charge in [0.1, 0.15) is 0 Å². The Morgan fingerprint density at radius 2 is 2.14 bits per heavy atom. The number of rotatable bonds is 8. The molecule has 3 N–H and O–H groups in total. The SMILES string of the molecule is CCNC(=NCC1(C)CCCO1)NCCC(=O)NC(C)CC. The summed E-state index contributed by atoms with van der Waals surface area (Å²) in [6.07, 6.45) is 3.55. The third-order valence-electron chi connectivity index (χ3n) is 3.88. The number of carbonyl (C=O) groups excluding carboxylic acids is 1. The van der Waals surface area contributed by atoms with Gasteiger partial charge in [-0.15, -0.1) is 0 Å². The Morgan fingerprint density at radius 3 is 2.73 bits per heavy atom. The topological polar surface area (TPSA) is 74.8 Å². The molecule has 1 heterocycles. The zero-order valence-electron chi connectivity index (χ0n) is 14.5. The third-order valence-corrected chi connectivity index (χ3v) is 3.88. The second-order valence-corrected chi connectivity index (χ2v) is 6.15. The molecule has 0 saturated carbocycles. The average molecular weight is 312 g/mol. The van der Waals surface area contributed by atoms with E-state index in [1.165, 1.54) is 0 Å². The van der Waals surface area contributed by atoms with Gasteiger partial charge in [-0.05, 0) is 40.0 Å². The third kappa shape index (κ3) is 7.11. The van der Waals surface area contributed by atoms with Crippen LogP contribution < -0.4 is 16.0 Å². The van der Waals surface area contributed by atoms with E-state index in [1.54, 1.807) is 0 Å². The van der Waals surface area contributed by atoms with Crippen molar-refractivity contribution in [2.24, 2.45) is 4.99 Å². The van der Waals surface area contributed by atoms with E-state index >= 15 is 0 Å². The smallest absolute Gasteiger partial charge is 0.221 e. The van der Waals surface area contributed by atoms with Gasteiger partial charge in [-0.1, -0.05) is 6.92 Å². The summed E-state index contributed by atoms with van der Waals surface area (Å²) in [6.45, 7) is 11.0. The highest BCUT2D eigenvalue weighted by Crippen LogP contribution is 2.24. The summed E-state index contributed by atoms with van der Waals surface area (Å²) >= 11 is 0. The minimum Gasteiger partial charge on any atom is -0.373 e. The Hall–Kier alpha value is -1.30. The fourth-order valence-electron chi connectivity index (χ4n) is 2.29. The maximum Gasteiger partial charge on any atom is 0.221 e. The monoisotopic (exact) mass is 312 g/mol. The van der Waals surface area contributed by atoms with Crippen LogP contribution in [0.1, 0.15) is 53.4 Å². The first-order chi connectivity index (χ1) is 10.5. The van der Waals surface area contributed by atoms with Gasteiger partial charge in [-0.25, -0.2) is 0 Å². The lowest BCUT2D eigenvalue weighted by Gasteiger charge is -2.21. The quantitative estimate of drug-likeness (QED) is 0.468. The maximum absolute atomic E-state index is 11.7. The number of hydrogen-bond donors (Lipinski definition) is 3. The van der Waals surface area contributed by atoms with E-state index in [9.17, 15) is 4.79 Å². The van der Waals surface area contributed by atoms with Crippen LogP contribution in [0.5, 0.6) is 0 Å². The van der Waals surface area contributed by atoms with Crippen LogP contribution in [-0.2, 0) is 9.53 Å². The summed E-state index contributed by atoms with van der Waals surface area (Å²) in [6, 6.07) is 0.230. The molecular formula is C16H32N4O2. The predicted molar refractivity (Wildman–Crippen MR) is 90.1 cm³/mol. The molecule has 1 aliphatic rings. The predicted octanol–water partition coefficient (Wildman–Crippen LogP) is 1.42. The molecule has 128 valence electrons. The number of hydrogen-bond acceptors (Lipinski definition) is 3. The van der Waals surface area contributed by atoms with Gasteiger partial charge in [0.15, 0.2) is 5.96 Å². The van der Waals surface area contributed by atoms with E-state index < -0.39 is 0 Å². The highest BCUT2D eigenvalue weighted by atomic mass is 16.5. The summed E-state index contributed by atoms with van der Waals surface area (Å²) in [5.74, 6) is 0.819. The molecule has 0 bridgehead atoms. The highest BCUT2D eigenvalue weighted by molar-refractivity contribution is 5.81. The van der Waals surface area contributed by atoms with Crippen molar-refractivity contribution in [2.45, 2.75) is 65.0 Å². The molecule has 0 aromatic heterocycles.